The van der Waals surface area contributed by atoms with Gasteiger partial charge < -0.3 is 5.32 Å². The van der Waals surface area contributed by atoms with Crippen molar-refractivity contribution in [3.05, 3.63) is 65.2 Å². The van der Waals surface area contributed by atoms with Crippen molar-refractivity contribution in [1.29, 1.82) is 0 Å². The minimum Gasteiger partial charge on any atom is -0.324 e. The maximum Gasteiger partial charge on any atom is 0.246 e. The number of para-hydroxylation sites is 1. The third-order valence-electron chi connectivity index (χ3n) is 3.18. The molecule has 1 amide bonds. The molecule has 3 rings (SSSR count). The summed E-state index contributed by atoms with van der Waals surface area (Å²) in [5, 5.41) is 20.9. The smallest absolute Gasteiger partial charge is 0.246 e. The van der Waals surface area contributed by atoms with Crippen LogP contribution in [0.15, 0.2) is 75.3 Å². The Morgan fingerprint density at radius 1 is 1.00 bits per heavy atom. The number of nitrogens with one attached hydrogen (secondary N) is 2. The number of halogens is 1. The lowest BCUT2D eigenvalue weighted by Crippen LogP contribution is -2.37. The van der Waals surface area contributed by atoms with Crippen molar-refractivity contribution < 1.29 is 4.79 Å². The number of carbonyl (C=O) groups excluding carboxylic acids is 1. The van der Waals surface area contributed by atoms with Gasteiger partial charge in [-0.25, -0.2) is 0 Å². The molecule has 7 nitrogen and oxygen atoms in total. The van der Waals surface area contributed by atoms with Crippen LogP contribution < -0.4 is 10.6 Å². The lowest BCUT2D eigenvalue weighted by molar-refractivity contribution is -0.118. The van der Waals surface area contributed by atoms with Crippen molar-refractivity contribution in [2.75, 3.05) is 5.32 Å². The normalized spacial score (nSPS) is 14.8. The van der Waals surface area contributed by atoms with E-state index in [-0.39, 0.29) is 5.91 Å². The predicted octanol–water partition coefficient (Wildman–Crippen LogP) is 3.73. The van der Waals surface area contributed by atoms with Gasteiger partial charge in [0, 0.05) is 10.7 Å². The molecule has 0 saturated heterocycles. The highest BCUT2D eigenvalue weighted by Crippen LogP contribution is 2.20. The van der Waals surface area contributed by atoms with Crippen molar-refractivity contribution >= 4 is 23.2 Å². The summed E-state index contributed by atoms with van der Waals surface area (Å²) in [6.45, 7) is 0. The van der Waals surface area contributed by atoms with Crippen molar-refractivity contribution in [2.45, 2.75) is 12.3 Å². The number of carbonyl (C=O) groups is 1. The first kappa shape index (κ1) is 15.3. The average Bonchev–Trinajstić information content (AvgIpc) is 3.08. The summed E-state index contributed by atoms with van der Waals surface area (Å²) in [5.74, 6) is -0.240. The van der Waals surface area contributed by atoms with E-state index in [2.05, 4.69) is 31.3 Å². The van der Waals surface area contributed by atoms with Gasteiger partial charge in [-0.1, -0.05) is 41.9 Å². The first-order chi connectivity index (χ1) is 11.2. The molecule has 1 aliphatic heterocycles. The van der Waals surface area contributed by atoms with Gasteiger partial charge in [0.1, 0.15) is 6.04 Å². The molecular weight excluding hydrogens is 316 g/mol. The Hall–Kier alpha value is -2.64. The summed E-state index contributed by atoms with van der Waals surface area (Å²) in [4.78, 5) is 12.6. The Labute approximate surface area is 137 Å². The van der Waals surface area contributed by atoms with Crippen LogP contribution in [0.25, 0.3) is 0 Å². The second-order valence-electron chi connectivity index (χ2n) is 4.79. The van der Waals surface area contributed by atoms with E-state index in [1.165, 1.54) is 0 Å². The molecule has 2 aromatic carbocycles. The van der Waals surface area contributed by atoms with Crippen LogP contribution in [0.4, 0.5) is 5.69 Å². The molecule has 0 fully saturated rings. The van der Waals surface area contributed by atoms with Crippen molar-refractivity contribution in [3.8, 4) is 0 Å². The summed E-state index contributed by atoms with van der Waals surface area (Å²) in [5.41, 5.74) is 1.44. The zero-order valence-electron chi connectivity index (χ0n) is 11.9. The highest BCUT2D eigenvalue weighted by molar-refractivity contribution is 6.30. The predicted molar refractivity (Wildman–Crippen MR) is 85.9 cm³/mol. The van der Waals surface area contributed by atoms with Gasteiger partial charge in [0.2, 0.25) is 12.2 Å². The SMILES string of the molecule is O=C(Nc1ccccc1)[C@H](NC1N=NN=N1)c1ccc(Cl)cc1. The summed E-state index contributed by atoms with van der Waals surface area (Å²) >= 11 is 5.91. The minimum absolute atomic E-state index is 0.240. The molecule has 0 spiro atoms. The Balaban J connectivity index is 1.81. The zero-order valence-corrected chi connectivity index (χ0v) is 12.7. The summed E-state index contributed by atoms with van der Waals surface area (Å²) in [6, 6.07) is 15.5. The maximum absolute atomic E-state index is 12.6. The molecular formula is C15H13ClN6O. The molecule has 1 heterocycles. The largest absolute Gasteiger partial charge is 0.324 e. The van der Waals surface area contributed by atoms with Gasteiger partial charge in [-0.05, 0) is 40.3 Å². The van der Waals surface area contributed by atoms with Gasteiger partial charge in [-0.15, -0.1) is 10.2 Å². The minimum atomic E-state index is -0.683. The maximum atomic E-state index is 12.6. The monoisotopic (exact) mass is 328 g/mol. The number of nitrogens with zero attached hydrogens (tertiary/aromatic N) is 4. The third-order valence-corrected chi connectivity index (χ3v) is 3.44. The van der Waals surface area contributed by atoms with E-state index in [0.717, 1.165) is 5.56 Å². The molecule has 0 bridgehead atoms. The molecule has 2 N–H and O–H groups in total. The Bertz CT molecular complexity index is 719. The van der Waals surface area contributed by atoms with Crippen LogP contribution in [0, 0.1) is 0 Å². The molecule has 23 heavy (non-hydrogen) atoms. The van der Waals surface area contributed by atoms with Gasteiger partial charge in [-0.2, -0.15) is 0 Å². The summed E-state index contributed by atoms with van der Waals surface area (Å²) in [7, 11) is 0. The highest BCUT2D eigenvalue weighted by Gasteiger charge is 2.25. The van der Waals surface area contributed by atoms with Crippen LogP contribution in [0.5, 0.6) is 0 Å². The molecule has 2 aromatic rings. The first-order valence-corrected chi connectivity index (χ1v) is 7.27. The fourth-order valence-electron chi connectivity index (χ4n) is 2.10. The summed E-state index contributed by atoms with van der Waals surface area (Å²) in [6.07, 6.45) is -0.683. The Morgan fingerprint density at radius 2 is 1.65 bits per heavy atom. The van der Waals surface area contributed by atoms with Gasteiger partial charge in [-0.3, -0.25) is 10.1 Å². The Morgan fingerprint density at radius 3 is 2.30 bits per heavy atom. The van der Waals surface area contributed by atoms with Crippen LogP contribution >= 0.6 is 11.6 Å². The summed E-state index contributed by atoms with van der Waals surface area (Å²) < 4.78 is 0. The van der Waals surface area contributed by atoms with E-state index in [9.17, 15) is 4.79 Å². The van der Waals surface area contributed by atoms with E-state index in [1.54, 1.807) is 24.3 Å². The van der Waals surface area contributed by atoms with E-state index in [1.807, 2.05) is 30.3 Å². The molecule has 116 valence electrons. The van der Waals surface area contributed by atoms with Crippen molar-refractivity contribution in [3.63, 3.8) is 0 Å². The number of hydrogen-bond donors (Lipinski definition) is 2. The van der Waals surface area contributed by atoms with Gasteiger partial charge >= 0.3 is 0 Å². The lowest BCUT2D eigenvalue weighted by atomic mass is 10.1. The molecule has 0 aromatic heterocycles. The Kier molecular flexibility index (Phi) is 4.70. The van der Waals surface area contributed by atoms with E-state index in [4.69, 9.17) is 11.6 Å². The second kappa shape index (κ2) is 7.08. The van der Waals surface area contributed by atoms with E-state index < -0.39 is 12.3 Å². The lowest BCUT2D eigenvalue weighted by Gasteiger charge is -2.19. The number of benzene rings is 2. The van der Waals surface area contributed by atoms with Gasteiger partial charge in [0.15, 0.2) is 0 Å². The molecule has 1 atom stereocenters. The number of anilines is 1. The third kappa shape index (κ3) is 3.97. The standard InChI is InChI=1S/C15H13ClN6O/c16-11-8-6-10(7-9-11)13(18-15-19-21-22-20-15)14(23)17-12-4-2-1-3-5-12/h1-9,13,15,18H,(H,17,23)/t13-/m1/s1. The van der Waals surface area contributed by atoms with Gasteiger partial charge in [0.05, 0.1) is 0 Å². The van der Waals surface area contributed by atoms with E-state index >= 15 is 0 Å². The average molecular weight is 329 g/mol. The second-order valence-corrected chi connectivity index (χ2v) is 5.23. The number of rotatable bonds is 5. The number of hydrogen-bond acceptors (Lipinski definition) is 6. The van der Waals surface area contributed by atoms with Crippen LogP contribution in [-0.2, 0) is 4.79 Å². The molecule has 8 heteroatoms. The quantitative estimate of drug-likeness (QED) is 0.875. The fourth-order valence-corrected chi connectivity index (χ4v) is 2.22. The molecule has 0 aliphatic carbocycles. The van der Waals surface area contributed by atoms with Gasteiger partial charge in [0.25, 0.3) is 0 Å². The van der Waals surface area contributed by atoms with Crippen LogP contribution in [-0.4, -0.2) is 12.2 Å². The molecule has 0 unspecified atom stereocenters. The molecule has 0 saturated carbocycles. The topological polar surface area (TPSA) is 90.6 Å². The molecule has 1 aliphatic rings. The van der Waals surface area contributed by atoms with E-state index in [0.29, 0.717) is 10.7 Å². The fraction of sp³-hybridized carbons (Fsp3) is 0.133. The van der Waals surface area contributed by atoms with Crippen LogP contribution in [0.2, 0.25) is 5.02 Å². The zero-order chi connectivity index (χ0) is 16.1. The number of amides is 1. The van der Waals surface area contributed by atoms with Crippen molar-refractivity contribution in [2.24, 2.45) is 20.7 Å². The first-order valence-electron chi connectivity index (χ1n) is 6.90. The van der Waals surface area contributed by atoms with Crippen molar-refractivity contribution in [1.82, 2.24) is 5.32 Å². The van der Waals surface area contributed by atoms with Crippen LogP contribution in [0.3, 0.4) is 0 Å². The molecule has 0 radical (unpaired) electrons. The highest BCUT2D eigenvalue weighted by atomic mass is 35.5. The van der Waals surface area contributed by atoms with Crippen LogP contribution in [0.1, 0.15) is 11.6 Å².